The van der Waals surface area contributed by atoms with E-state index >= 15 is 0 Å². The van der Waals surface area contributed by atoms with E-state index in [4.69, 9.17) is 0 Å². The van der Waals surface area contributed by atoms with Crippen molar-refractivity contribution in [3.63, 3.8) is 0 Å². The lowest BCUT2D eigenvalue weighted by molar-refractivity contribution is -0.134. The first-order chi connectivity index (χ1) is 13.2. The van der Waals surface area contributed by atoms with Gasteiger partial charge in [-0.2, -0.15) is 0 Å². The second kappa shape index (κ2) is 7.55. The van der Waals surface area contributed by atoms with Crippen LogP contribution >= 0.6 is 0 Å². The highest BCUT2D eigenvalue weighted by Gasteiger charge is 2.43. The molecule has 0 spiro atoms. The summed E-state index contributed by atoms with van der Waals surface area (Å²) in [7, 11) is -2.65. The van der Waals surface area contributed by atoms with Crippen LogP contribution < -0.4 is 0 Å². The van der Waals surface area contributed by atoms with E-state index in [-0.39, 0.29) is 16.0 Å². The molecule has 0 N–H and O–H groups in total. The maximum absolute atomic E-state index is 13.2. The molecule has 0 saturated carbocycles. The zero-order valence-electron chi connectivity index (χ0n) is 15.4. The molecule has 0 aliphatic carbocycles. The largest absolute Gasteiger partial charge is 0.340 e. The van der Waals surface area contributed by atoms with Crippen molar-refractivity contribution in [3.8, 4) is 0 Å². The third-order valence-electron chi connectivity index (χ3n) is 4.51. The van der Waals surface area contributed by atoms with Crippen LogP contribution in [0.3, 0.4) is 0 Å². The second-order valence-corrected chi connectivity index (χ2v) is 8.31. The van der Waals surface area contributed by atoms with E-state index < -0.39 is 34.2 Å². The van der Waals surface area contributed by atoms with E-state index in [2.05, 4.69) is 0 Å². The van der Waals surface area contributed by atoms with Crippen molar-refractivity contribution in [1.82, 2.24) is 9.21 Å². The third kappa shape index (κ3) is 3.68. The van der Waals surface area contributed by atoms with Crippen molar-refractivity contribution >= 4 is 26.7 Å². The SMILES string of the molecule is CC1=C(c2ccc(F)cc2)S(=O)(=O)N(CC(=O)N(C)Cc2ccccc2)C1=O. The highest BCUT2D eigenvalue weighted by atomic mass is 32.2. The van der Waals surface area contributed by atoms with Crippen LogP contribution in [-0.4, -0.2) is 43.0 Å². The van der Waals surface area contributed by atoms with Gasteiger partial charge in [0.15, 0.2) is 0 Å². The fourth-order valence-electron chi connectivity index (χ4n) is 3.01. The molecule has 0 radical (unpaired) electrons. The Morgan fingerprint density at radius 3 is 2.29 bits per heavy atom. The van der Waals surface area contributed by atoms with E-state index in [9.17, 15) is 22.4 Å². The molecule has 0 saturated heterocycles. The van der Waals surface area contributed by atoms with E-state index in [1.165, 1.54) is 24.0 Å². The van der Waals surface area contributed by atoms with Gasteiger partial charge in [-0.3, -0.25) is 9.59 Å². The van der Waals surface area contributed by atoms with Crippen molar-refractivity contribution in [2.75, 3.05) is 13.6 Å². The molecular weight excluding hydrogens is 383 g/mol. The number of hydrogen-bond acceptors (Lipinski definition) is 4. The second-order valence-electron chi connectivity index (χ2n) is 6.51. The molecule has 28 heavy (non-hydrogen) atoms. The number of nitrogens with zero attached hydrogens (tertiary/aromatic N) is 2. The Bertz CT molecular complexity index is 1050. The molecule has 0 fully saturated rings. The maximum Gasteiger partial charge on any atom is 0.268 e. The number of hydrogen-bond donors (Lipinski definition) is 0. The summed E-state index contributed by atoms with van der Waals surface area (Å²) in [5, 5.41) is 0. The zero-order valence-corrected chi connectivity index (χ0v) is 16.2. The average molecular weight is 402 g/mol. The molecule has 0 atom stereocenters. The molecule has 2 aromatic carbocycles. The lowest BCUT2D eigenvalue weighted by Gasteiger charge is -2.22. The van der Waals surface area contributed by atoms with Crippen molar-refractivity contribution in [3.05, 3.63) is 77.1 Å². The van der Waals surface area contributed by atoms with Gasteiger partial charge in [0.2, 0.25) is 5.91 Å². The number of amides is 2. The van der Waals surface area contributed by atoms with E-state index in [1.54, 1.807) is 7.05 Å². The van der Waals surface area contributed by atoms with Gasteiger partial charge in [-0.25, -0.2) is 17.1 Å². The Balaban J connectivity index is 1.81. The Labute approximate surface area is 162 Å². The number of sulfonamides is 1. The minimum atomic E-state index is -4.20. The molecule has 1 aliphatic heterocycles. The molecular formula is C20H19FN2O4S. The van der Waals surface area contributed by atoms with Gasteiger partial charge in [-0.05, 0) is 30.2 Å². The molecule has 6 nitrogen and oxygen atoms in total. The predicted octanol–water partition coefficient (Wildman–Crippen LogP) is 2.39. The van der Waals surface area contributed by atoms with E-state index in [1.807, 2.05) is 30.3 Å². The molecule has 0 aromatic heterocycles. The third-order valence-corrected chi connectivity index (χ3v) is 6.44. The Morgan fingerprint density at radius 1 is 1.07 bits per heavy atom. The standard InChI is InChI=1S/C20H19FN2O4S/c1-14-19(16-8-10-17(21)11-9-16)28(26,27)23(20(14)25)13-18(24)22(2)12-15-6-4-3-5-7-15/h3-11H,12-13H2,1-2H3. The Hall–Kier alpha value is -3.00. The van der Waals surface area contributed by atoms with Gasteiger partial charge in [-0.15, -0.1) is 0 Å². The van der Waals surface area contributed by atoms with Gasteiger partial charge < -0.3 is 4.90 Å². The monoisotopic (exact) mass is 402 g/mol. The minimum Gasteiger partial charge on any atom is -0.340 e. The highest BCUT2D eigenvalue weighted by Crippen LogP contribution is 2.35. The van der Waals surface area contributed by atoms with Crippen LogP contribution in [0.1, 0.15) is 18.1 Å². The van der Waals surface area contributed by atoms with E-state index in [0.29, 0.717) is 10.8 Å². The number of benzene rings is 2. The molecule has 0 unspecified atom stereocenters. The van der Waals surface area contributed by atoms with Crippen molar-refractivity contribution in [2.24, 2.45) is 0 Å². The summed E-state index contributed by atoms with van der Waals surface area (Å²) < 4.78 is 39.5. The summed E-state index contributed by atoms with van der Waals surface area (Å²) in [6.45, 7) is 1.09. The molecule has 2 amide bonds. The molecule has 0 bridgehead atoms. The van der Waals surface area contributed by atoms with Crippen LogP contribution in [0.2, 0.25) is 0 Å². The van der Waals surface area contributed by atoms with Crippen LogP contribution in [0, 0.1) is 5.82 Å². The summed E-state index contributed by atoms with van der Waals surface area (Å²) in [5.41, 5.74) is 1.10. The van der Waals surface area contributed by atoms with Gasteiger partial charge in [0.25, 0.3) is 15.9 Å². The van der Waals surface area contributed by atoms with Crippen LogP contribution in [0.15, 0.2) is 60.2 Å². The topological polar surface area (TPSA) is 74.8 Å². The fraction of sp³-hybridized carbons (Fsp3) is 0.200. The van der Waals surface area contributed by atoms with Gasteiger partial charge in [0.1, 0.15) is 17.3 Å². The number of halogens is 1. The average Bonchev–Trinajstić information content (AvgIpc) is 2.83. The number of carbonyl (C=O) groups excluding carboxylic acids is 2. The molecule has 1 aliphatic rings. The van der Waals surface area contributed by atoms with Crippen LogP contribution in [-0.2, 0) is 26.2 Å². The smallest absolute Gasteiger partial charge is 0.268 e. The summed E-state index contributed by atoms with van der Waals surface area (Å²) in [6, 6.07) is 14.1. The van der Waals surface area contributed by atoms with Gasteiger partial charge in [0, 0.05) is 19.2 Å². The molecule has 8 heteroatoms. The first-order valence-corrected chi connectivity index (χ1v) is 9.97. The minimum absolute atomic E-state index is 0.00474. The van der Waals surface area contributed by atoms with Crippen molar-refractivity contribution in [1.29, 1.82) is 0 Å². The van der Waals surface area contributed by atoms with E-state index in [0.717, 1.165) is 17.7 Å². The quantitative estimate of drug-likeness (QED) is 0.770. The Morgan fingerprint density at radius 2 is 1.68 bits per heavy atom. The summed E-state index contributed by atoms with van der Waals surface area (Å²) >= 11 is 0. The Kier molecular flexibility index (Phi) is 5.33. The first kappa shape index (κ1) is 19.8. The maximum atomic E-state index is 13.2. The normalized spacial score (nSPS) is 15.8. The van der Waals surface area contributed by atoms with Crippen molar-refractivity contribution < 1.29 is 22.4 Å². The number of likely N-dealkylation sites (N-methyl/N-ethyl adjacent to an activating group) is 1. The lowest BCUT2D eigenvalue weighted by Crippen LogP contribution is -2.41. The molecule has 1 heterocycles. The predicted molar refractivity (Wildman–Crippen MR) is 103 cm³/mol. The highest BCUT2D eigenvalue weighted by molar-refractivity contribution is 7.99. The van der Waals surface area contributed by atoms with Gasteiger partial charge in [-0.1, -0.05) is 42.5 Å². The van der Waals surface area contributed by atoms with Crippen LogP contribution in [0.25, 0.3) is 4.91 Å². The first-order valence-electron chi connectivity index (χ1n) is 8.53. The summed E-state index contributed by atoms with van der Waals surface area (Å²) in [6.07, 6.45) is 0. The molecule has 146 valence electrons. The molecule has 3 rings (SSSR count). The van der Waals surface area contributed by atoms with Gasteiger partial charge in [0.05, 0.1) is 0 Å². The fourth-order valence-corrected chi connectivity index (χ4v) is 4.77. The number of rotatable bonds is 5. The lowest BCUT2D eigenvalue weighted by atomic mass is 10.1. The van der Waals surface area contributed by atoms with Crippen LogP contribution in [0.5, 0.6) is 0 Å². The summed E-state index contributed by atoms with van der Waals surface area (Å²) in [5.74, 6) is -1.77. The summed E-state index contributed by atoms with van der Waals surface area (Å²) in [4.78, 5) is 26.2. The van der Waals surface area contributed by atoms with Crippen molar-refractivity contribution in [2.45, 2.75) is 13.5 Å². The van der Waals surface area contributed by atoms with Crippen LogP contribution in [0.4, 0.5) is 4.39 Å². The van der Waals surface area contributed by atoms with Gasteiger partial charge >= 0.3 is 0 Å². The number of carbonyl (C=O) groups is 2. The zero-order chi connectivity index (χ0) is 20.5. The molecule has 2 aromatic rings.